The number of aliphatic hydroxyl groups excluding tert-OH is 1. The predicted molar refractivity (Wildman–Crippen MR) is 154 cm³/mol. The molecule has 0 spiro atoms. The molecule has 1 N–H and O–H groups in total. The number of hydrogen-bond acceptors (Lipinski definition) is 7. The molecule has 40 heavy (non-hydrogen) atoms. The molecule has 3 fully saturated rings. The highest BCUT2D eigenvalue weighted by molar-refractivity contribution is 5.99. The second kappa shape index (κ2) is 11.5. The van der Waals surface area contributed by atoms with Crippen LogP contribution in [-0.4, -0.2) is 59.1 Å². The molecule has 8 heteroatoms. The Hall–Kier alpha value is -3.00. The number of anilines is 2. The summed E-state index contributed by atoms with van der Waals surface area (Å²) in [4.78, 5) is 40.6. The zero-order valence-electron chi connectivity index (χ0n) is 23.8. The number of ether oxygens (including phenoxy) is 1. The van der Waals surface area contributed by atoms with Crippen molar-refractivity contribution in [1.82, 2.24) is 9.97 Å². The molecule has 0 radical (unpaired) electrons. The molecule has 1 aliphatic heterocycles. The van der Waals surface area contributed by atoms with Crippen molar-refractivity contribution in [2.24, 2.45) is 11.8 Å². The Morgan fingerprint density at radius 1 is 1.05 bits per heavy atom. The van der Waals surface area contributed by atoms with Crippen LogP contribution in [0.4, 0.5) is 11.5 Å². The summed E-state index contributed by atoms with van der Waals surface area (Å²) in [5, 5.41) is 9.78. The van der Waals surface area contributed by atoms with Gasteiger partial charge in [0.25, 0.3) is 0 Å². The summed E-state index contributed by atoms with van der Waals surface area (Å²) in [6.07, 6.45) is 13.7. The molecular weight excluding hydrogens is 504 g/mol. The minimum atomic E-state index is -0.216. The number of fused-ring (bicyclic) bond motifs is 2. The molecule has 2 atom stereocenters. The number of Topliss-reactive ketones (excluding diaryl/α,β-unsaturated/α-hetero) is 1. The monoisotopic (exact) mass is 546 g/mol. The van der Waals surface area contributed by atoms with Crippen LogP contribution < -0.4 is 14.5 Å². The second-order valence-corrected chi connectivity index (χ2v) is 12.3. The van der Waals surface area contributed by atoms with E-state index in [2.05, 4.69) is 4.90 Å². The van der Waals surface area contributed by atoms with E-state index in [1.54, 1.807) is 12.0 Å². The molecule has 8 nitrogen and oxygen atoms in total. The number of aromatic nitrogens is 2. The summed E-state index contributed by atoms with van der Waals surface area (Å²) in [6.45, 7) is 0. The molecule has 0 saturated heterocycles. The largest absolute Gasteiger partial charge is 0.496 e. The van der Waals surface area contributed by atoms with E-state index in [0.717, 1.165) is 74.9 Å². The lowest BCUT2D eigenvalue weighted by molar-refractivity contribution is -0.122. The molecule has 2 aromatic rings. The predicted octanol–water partition coefficient (Wildman–Crippen LogP) is 5.09. The summed E-state index contributed by atoms with van der Waals surface area (Å²) in [5.41, 5.74) is 2.40. The first-order chi connectivity index (χ1) is 19.4. The highest BCUT2D eigenvalue weighted by Gasteiger charge is 2.46. The Balaban J connectivity index is 1.26. The number of nitrogens with zero attached hydrogens (tertiary/aromatic N) is 4. The van der Waals surface area contributed by atoms with Crippen molar-refractivity contribution in [3.05, 3.63) is 41.3 Å². The number of hydrogen-bond donors (Lipinski definition) is 1. The number of amides is 1. The molecule has 1 aromatic carbocycles. The SMILES string of the molecule is COc1cc(C(=O)CC2CCC(O)CC2)ccc1Cc1ncc2c(n1)N(C1CCCC1)[C@@H]1CCC[C@@H]1C(=O)N2C. The van der Waals surface area contributed by atoms with Gasteiger partial charge in [0.2, 0.25) is 5.91 Å². The highest BCUT2D eigenvalue weighted by Crippen LogP contribution is 2.44. The van der Waals surface area contributed by atoms with Gasteiger partial charge in [-0.2, -0.15) is 0 Å². The summed E-state index contributed by atoms with van der Waals surface area (Å²) < 4.78 is 5.73. The van der Waals surface area contributed by atoms with E-state index in [-0.39, 0.29) is 29.8 Å². The van der Waals surface area contributed by atoms with Crippen LogP contribution in [0.1, 0.15) is 98.8 Å². The molecule has 1 aromatic heterocycles. The molecule has 214 valence electrons. The van der Waals surface area contributed by atoms with Crippen LogP contribution in [0.2, 0.25) is 0 Å². The average Bonchev–Trinajstić information content (AvgIpc) is 3.66. The van der Waals surface area contributed by atoms with Gasteiger partial charge in [-0.15, -0.1) is 0 Å². The van der Waals surface area contributed by atoms with Gasteiger partial charge in [0.1, 0.15) is 17.3 Å². The third kappa shape index (κ3) is 5.22. The molecule has 0 bridgehead atoms. The van der Waals surface area contributed by atoms with Crippen LogP contribution in [0.5, 0.6) is 5.75 Å². The van der Waals surface area contributed by atoms with Crippen molar-refractivity contribution >= 4 is 23.2 Å². The van der Waals surface area contributed by atoms with Crippen LogP contribution >= 0.6 is 0 Å². The van der Waals surface area contributed by atoms with Gasteiger partial charge in [-0.05, 0) is 63.4 Å². The molecule has 0 unspecified atom stereocenters. The minimum Gasteiger partial charge on any atom is -0.496 e. The van der Waals surface area contributed by atoms with Crippen molar-refractivity contribution in [2.45, 2.75) is 102 Å². The van der Waals surface area contributed by atoms with Crippen LogP contribution in [-0.2, 0) is 11.2 Å². The van der Waals surface area contributed by atoms with Gasteiger partial charge < -0.3 is 19.6 Å². The summed E-state index contributed by atoms with van der Waals surface area (Å²) in [6, 6.07) is 6.32. The van der Waals surface area contributed by atoms with E-state index in [4.69, 9.17) is 14.7 Å². The maximum absolute atomic E-state index is 13.4. The Labute approximate surface area is 237 Å². The van der Waals surface area contributed by atoms with Gasteiger partial charge in [0.15, 0.2) is 11.6 Å². The van der Waals surface area contributed by atoms with E-state index >= 15 is 0 Å². The zero-order chi connectivity index (χ0) is 27.8. The Kier molecular flexibility index (Phi) is 7.80. The number of ketones is 1. The summed E-state index contributed by atoms with van der Waals surface area (Å²) in [5.74, 6) is 2.92. The number of carbonyl (C=O) groups excluding carboxylic acids is 2. The number of methoxy groups -OCH3 is 1. The van der Waals surface area contributed by atoms with Gasteiger partial charge in [-0.25, -0.2) is 9.97 Å². The fourth-order valence-electron chi connectivity index (χ4n) is 7.59. The zero-order valence-corrected chi connectivity index (χ0v) is 23.8. The van der Waals surface area contributed by atoms with E-state index < -0.39 is 0 Å². The van der Waals surface area contributed by atoms with Crippen LogP contribution in [0.25, 0.3) is 0 Å². The number of rotatable bonds is 7. The molecule has 6 rings (SSSR count). The van der Waals surface area contributed by atoms with Crippen LogP contribution in [0, 0.1) is 11.8 Å². The van der Waals surface area contributed by atoms with E-state index in [9.17, 15) is 14.7 Å². The first-order valence-corrected chi connectivity index (χ1v) is 15.2. The van der Waals surface area contributed by atoms with E-state index in [0.29, 0.717) is 41.9 Å². The highest BCUT2D eigenvalue weighted by atomic mass is 16.5. The van der Waals surface area contributed by atoms with Crippen molar-refractivity contribution in [3.63, 3.8) is 0 Å². The van der Waals surface area contributed by atoms with Crippen LogP contribution in [0.15, 0.2) is 24.4 Å². The van der Waals surface area contributed by atoms with Gasteiger partial charge in [-0.1, -0.05) is 31.4 Å². The lowest BCUT2D eigenvalue weighted by Gasteiger charge is -2.36. The molecular formula is C32H42N4O4. The maximum Gasteiger partial charge on any atom is 0.232 e. The van der Waals surface area contributed by atoms with Crippen molar-refractivity contribution in [1.29, 1.82) is 0 Å². The minimum absolute atomic E-state index is 0.0205. The summed E-state index contributed by atoms with van der Waals surface area (Å²) in [7, 11) is 3.50. The lowest BCUT2D eigenvalue weighted by Crippen LogP contribution is -2.46. The van der Waals surface area contributed by atoms with Gasteiger partial charge in [0.05, 0.1) is 25.3 Å². The van der Waals surface area contributed by atoms with Gasteiger partial charge in [-0.3, -0.25) is 9.59 Å². The maximum atomic E-state index is 13.4. The van der Waals surface area contributed by atoms with E-state index in [1.807, 2.05) is 31.4 Å². The molecule has 3 aliphatic carbocycles. The lowest BCUT2D eigenvalue weighted by atomic mass is 9.83. The Bertz CT molecular complexity index is 1250. The van der Waals surface area contributed by atoms with Crippen LogP contribution in [0.3, 0.4) is 0 Å². The standard InChI is InChI=1S/C32H42N4O4/c1-35-27-19-33-30(34-31(27)36(23-6-3-4-7-23)26-9-5-8-25(26)32(35)39)18-22-13-12-21(17-29(22)40-2)28(38)16-20-10-14-24(37)15-11-20/h12-13,17,19-20,23-26,37H,3-11,14-16,18H2,1-2H3/t20?,24?,25-,26+/m0/s1. The third-order valence-corrected chi connectivity index (χ3v) is 9.86. The van der Waals surface area contributed by atoms with Gasteiger partial charge in [0, 0.05) is 43.1 Å². The quantitative estimate of drug-likeness (QED) is 0.483. The normalized spacial score (nSPS) is 26.9. The molecule has 4 aliphatic rings. The Morgan fingerprint density at radius 2 is 1.82 bits per heavy atom. The van der Waals surface area contributed by atoms with E-state index in [1.165, 1.54) is 12.8 Å². The van der Waals surface area contributed by atoms with Crippen molar-refractivity contribution in [3.8, 4) is 5.75 Å². The molecule has 3 saturated carbocycles. The fraction of sp³-hybridized carbons (Fsp3) is 0.625. The van der Waals surface area contributed by atoms with Crippen molar-refractivity contribution < 1.29 is 19.4 Å². The third-order valence-electron chi connectivity index (χ3n) is 9.86. The first kappa shape index (κ1) is 27.2. The smallest absolute Gasteiger partial charge is 0.232 e. The number of aliphatic hydroxyl groups is 1. The average molecular weight is 547 g/mol. The molecule has 2 heterocycles. The first-order valence-electron chi connectivity index (χ1n) is 15.2. The molecule has 1 amide bonds. The summed E-state index contributed by atoms with van der Waals surface area (Å²) >= 11 is 0. The second-order valence-electron chi connectivity index (χ2n) is 12.3. The van der Waals surface area contributed by atoms with Gasteiger partial charge >= 0.3 is 0 Å². The Morgan fingerprint density at radius 3 is 2.58 bits per heavy atom. The number of carbonyl (C=O) groups is 2. The topological polar surface area (TPSA) is 95.9 Å². The number of benzene rings is 1. The van der Waals surface area contributed by atoms with Crippen molar-refractivity contribution in [2.75, 3.05) is 24.0 Å². The fourth-order valence-corrected chi connectivity index (χ4v) is 7.59.